The van der Waals surface area contributed by atoms with E-state index in [0.29, 0.717) is 44.1 Å². The quantitative estimate of drug-likeness (QED) is 0.423. The number of nitrogens with zero attached hydrogens (tertiary/aromatic N) is 5. The molecule has 1 aliphatic heterocycles. The van der Waals surface area contributed by atoms with Crippen LogP contribution in [0, 0.1) is 26.7 Å². The summed E-state index contributed by atoms with van der Waals surface area (Å²) in [5.41, 5.74) is 4.92. The van der Waals surface area contributed by atoms with Crippen molar-refractivity contribution in [1.29, 1.82) is 0 Å². The number of hydrogen-bond donors (Lipinski definition) is 0. The number of para-hydroxylation sites is 1. The molecule has 0 saturated carbocycles. The lowest BCUT2D eigenvalue weighted by Gasteiger charge is -2.29. The first-order valence-corrected chi connectivity index (χ1v) is 13.9. The van der Waals surface area contributed by atoms with E-state index in [2.05, 4.69) is 24.1 Å². The van der Waals surface area contributed by atoms with Crippen molar-refractivity contribution in [1.82, 2.24) is 19.8 Å². The van der Waals surface area contributed by atoms with Gasteiger partial charge in [0.25, 0.3) is 5.91 Å². The van der Waals surface area contributed by atoms with Gasteiger partial charge in [-0.1, -0.05) is 56.5 Å². The molecule has 2 amide bonds. The molecule has 204 valence electrons. The van der Waals surface area contributed by atoms with E-state index in [1.807, 2.05) is 65.6 Å². The summed E-state index contributed by atoms with van der Waals surface area (Å²) in [6.45, 7) is 12.1. The smallest absolute Gasteiger partial charge is 0.276 e. The summed E-state index contributed by atoms with van der Waals surface area (Å²) in [4.78, 5) is 31.1. The van der Waals surface area contributed by atoms with E-state index in [0.717, 1.165) is 60.3 Å². The molecule has 3 heterocycles. The number of carbonyl (C=O) groups is 2. The second-order valence-corrected chi connectivity index (χ2v) is 10.9. The van der Waals surface area contributed by atoms with Gasteiger partial charge >= 0.3 is 0 Å². The molecule has 0 spiro atoms. The summed E-state index contributed by atoms with van der Waals surface area (Å²) in [7, 11) is 0. The van der Waals surface area contributed by atoms with Crippen LogP contribution in [0.4, 0.5) is 5.69 Å². The van der Waals surface area contributed by atoms with Gasteiger partial charge in [0.15, 0.2) is 5.69 Å². The lowest BCUT2D eigenvalue weighted by atomic mass is 10.0. The Morgan fingerprint density at radius 1 is 1.00 bits per heavy atom. The van der Waals surface area contributed by atoms with Crippen molar-refractivity contribution in [3.8, 4) is 0 Å². The molecular weight excluding hydrogens is 478 g/mol. The summed E-state index contributed by atoms with van der Waals surface area (Å²) in [5.74, 6) is 0.901. The van der Waals surface area contributed by atoms with Gasteiger partial charge in [-0.15, -0.1) is 0 Å². The van der Waals surface area contributed by atoms with Gasteiger partial charge in [-0.25, -0.2) is 0 Å². The van der Waals surface area contributed by atoms with E-state index in [-0.39, 0.29) is 17.7 Å². The zero-order valence-corrected chi connectivity index (χ0v) is 23.5. The van der Waals surface area contributed by atoms with Gasteiger partial charge in [-0.05, 0) is 57.2 Å². The van der Waals surface area contributed by atoms with Crippen molar-refractivity contribution in [3.05, 3.63) is 64.3 Å². The third kappa shape index (κ3) is 6.52. The van der Waals surface area contributed by atoms with Crippen LogP contribution in [0.15, 0.2) is 34.9 Å². The van der Waals surface area contributed by atoms with Crippen LogP contribution in [-0.4, -0.2) is 44.7 Å². The Morgan fingerprint density at radius 3 is 2.42 bits per heavy atom. The van der Waals surface area contributed by atoms with E-state index in [4.69, 9.17) is 4.52 Å². The minimum atomic E-state index is -0.148. The average Bonchev–Trinajstić information content (AvgIpc) is 3.39. The number of fused-ring (bicyclic) bond motifs is 1. The molecule has 8 nitrogen and oxygen atoms in total. The fourth-order valence-corrected chi connectivity index (χ4v) is 5.19. The zero-order chi connectivity index (χ0) is 27.2. The minimum absolute atomic E-state index is 0.140. The van der Waals surface area contributed by atoms with Gasteiger partial charge in [-0.2, -0.15) is 5.10 Å². The minimum Gasteiger partial charge on any atom is -0.361 e. The van der Waals surface area contributed by atoms with E-state index in [9.17, 15) is 9.59 Å². The van der Waals surface area contributed by atoms with Crippen LogP contribution in [-0.2, 0) is 17.9 Å². The molecule has 0 saturated heterocycles. The van der Waals surface area contributed by atoms with Crippen molar-refractivity contribution in [2.75, 3.05) is 18.0 Å². The topological polar surface area (TPSA) is 84.5 Å². The van der Waals surface area contributed by atoms with Gasteiger partial charge in [0.1, 0.15) is 5.76 Å². The summed E-state index contributed by atoms with van der Waals surface area (Å²) in [6.07, 6.45) is 5.61. The van der Waals surface area contributed by atoms with Crippen LogP contribution in [0.25, 0.3) is 0 Å². The number of hydrogen-bond acceptors (Lipinski definition) is 5. The Kier molecular flexibility index (Phi) is 9.02. The van der Waals surface area contributed by atoms with Crippen molar-refractivity contribution >= 4 is 17.5 Å². The number of amides is 2. The van der Waals surface area contributed by atoms with Crippen LogP contribution in [0.5, 0.6) is 0 Å². The second kappa shape index (κ2) is 12.4. The molecule has 0 radical (unpaired) electrons. The number of carbonyl (C=O) groups excluding carboxylic acids is 2. The Hall–Kier alpha value is -3.42. The van der Waals surface area contributed by atoms with E-state index in [1.165, 1.54) is 0 Å². The van der Waals surface area contributed by atoms with Crippen LogP contribution in [0.1, 0.15) is 91.1 Å². The third-order valence-corrected chi connectivity index (χ3v) is 7.22. The molecule has 0 unspecified atom stereocenters. The average molecular weight is 520 g/mol. The molecule has 8 heteroatoms. The van der Waals surface area contributed by atoms with Crippen molar-refractivity contribution in [2.45, 2.75) is 86.2 Å². The molecule has 1 aromatic carbocycles. The Labute approximate surface area is 226 Å². The number of anilines is 1. The van der Waals surface area contributed by atoms with Gasteiger partial charge in [-0.3, -0.25) is 14.3 Å². The maximum Gasteiger partial charge on any atom is 0.276 e. The number of rotatable bonds is 5. The highest BCUT2D eigenvalue weighted by Gasteiger charge is 2.27. The van der Waals surface area contributed by atoms with Crippen molar-refractivity contribution in [2.24, 2.45) is 5.92 Å². The molecule has 1 aliphatic rings. The molecule has 0 aliphatic carbocycles. The zero-order valence-electron chi connectivity index (χ0n) is 23.5. The molecule has 0 N–H and O–H groups in total. The molecule has 38 heavy (non-hydrogen) atoms. The molecule has 0 fully saturated rings. The lowest BCUT2D eigenvalue weighted by Crippen LogP contribution is -2.36. The summed E-state index contributed by atoms with van der Waals surface area (Å²) in [6, 6.07) is 10.0. The van der Waals surface area contributed by atoms with Crippen molar-refractivity contribution < 1.29 is 14.1 Å². The Balaban J connectivity index is 1.66. The highest BCUT2D eigenvalue weighted by Crippen LogP contribution is 2.27. The Bertz CT molecular complexity index is 1260. The van der Waals surface area contributed by atoms with Crippen LogP contribution < -0.4 is 4.90 Å². The van der Waals surface area contributed by atoms with Crippen LogP contribution in [0.3, 0.4) is 0 Å². The van der Waals surface area contributed by atoms with Gasteiger partial charge in [0.05, 0.1) is 12.2 Å². The maximum absolute atomic E-state index is 14.0. The molecule has 2 aromatic heterocycles. The van der Waals surface area contributed by atoms with E-state index < -0.39 is 0 Å². The normalized spacial score (nSPS) is 15.2. The first kappa shape index (κ1) is 27.6. The molecule has 4 rings (SSSR count). The second-order valence-electron chi connectivity index (χ2n) is 10.9. The van der Waals surface area contributed by atoms with Gasteiger partial charge in [0, 0.05) is 43.0 Å². The van der Waals surface area contributed by atoms with Gasteiger partial charge < -0.3 is 14.3 Å². The van der Waals surface area contributed by atoms with Crippen LogP contribution in [0.2, 0.25) is 0 Å². The highest BCUT2D eigenvalue weighted by atomic mass is 16.5. The predicted molar refractivity (Wildman–Crippen MR) is 148 cm³/mol. The number of benzene rings is 1. The maximum atomic E-state index is 14.0. The highest BCUT2D eigenvalue weighted by molar-refractivity contribution is 5.95. The lowest BCUT2D eigenvalue weighted by molar-refractivity contribution is -0.119. The monoisotopic (exact) mass is 519 g/mol. The first-order chi connectivity index (χ1) is 18.2. The number of aryl methyl sites for hydroxylation is 3. The summed E-state index contributed by atoms with van der Waals surface area (Å²) in [5, 5.41) is 8.78. The summed E-state index contributed by atoms with van der Waals surface area (Å²) >= 11 is 0. The van der Waals surface area contributed by atoms with E-state index >= 15 is 0 Å². The standard InChI is InChI=1S/C30H41N5O3/c1-21(2)17-28(36)34-16-12-8-6-7-11-15-33(19-25-13-9-10-14-27(25)34)30(37)29-26(24(5)38-32-29)20-35-23(4)18-22(3)31-35/h9-10,13-14,18,21H,6-8,11-12,15-17,19-20H2,1-5H3. The first-order valence-electron chi connectivity index (χ1n) is 13.9. The summed E-state index contributed by atoms with van der Waals surface area (Å²) < 4.78 is 7.41. The predicted octanol–water partition coefficient (Wildman–Crippen LogP) is 5.83. The van der Waals surface area contributed by atoms with Gasteiger partial charge in [0.2, 0.25) is 5.91 Å². The molecular formula is C30H41N5O3. The molecule has 3 aromatic rings. The third-order valence-electron chi connectivity index (χ3n) is 7.22. The number of aromatic nitrogens is 3. The largest absolute Gasteiger partial charge is 0.361 e. The SMILES string of the molecule is Cc1cc(C)n(Cc2c(C(=O)N3CCCCCCCN(C(=O)CC(C)C)c4ccccc4C3)noc2C)n1. The fourth-order valence-electron chi connectivity index (χ4n) is 5.19. The molecule has 0 atom stereocenters. The van der Waals surface area contributed by atoms with Crippen molar-refractivity contribution in [3.63, 3.8) is 0 Å². The Morgan fingerprint density at radius 2 is 1.71 bits per heavy atom. The van der Waals surface area contributed by atoms with E-state index in [1.54, 1.807) is 0 Å². The van der Waals surface area contributed by atoms with Crippen LogP contribution >= 0.6 is 0 Å². The fraction of sp³-hybridized carbons (Fsp3) is 0.533. The molecule has 0 bridgehead atoms.